The summed E-state index contributed by atoms with van der Waals surface area (Å²) in [4.78, 5) is 2.07. The standard InChI is InChI=1S/C16H20Cl2N4O2S/c1-11-15(10-21-7-3-6-14(9-21)25(19,23)24)16(18)22(20-11)13-5-2-4-12(17)8-13/h2,4-5,8,14H,3,6-7,9-10H2,1H3,(H2,19,23,24)/t14-/m0/s1. The van der Waals surface area contributed by atoms with Gasteiger partial charge in [-0.25, -0.2) is 18.2 Å². The zero-order chi connectivity index (χ0) is 18.2. The van der Waals surface area contributed by atoms with E-state index in [9.17, 15) is 8.42 Å². The van der Waals surface area contributed by atoms with Crippen molar-refractivity contribution in [3.63, 3.8) is 0 Å². The van der Waals surface area contributed by atoms with Crippen molar-refractivity contribution in [2.45, 2.75) is 31.6 Å². The summed E-state index contributed by atoms with van der Waals surface area (Å²) >= 11 is 12.6. The van der Waals surface area contributed by atoms with E-state index >= 15 is 0 Å². The fourth-order valence-electron chi connectivity index (χ4n) is 3.14. The minimum atomic E-state index is -3.52. The maximum atomic E-state index is 11.6. The van der Waals surface area contributed by atoms with Crippen LogP contribution in [0.15, 0.2) is 24.3 Å². The lowest BCUT2D eigenvalue weighted by atomic mass is 10.1. The van der Waals surface area contributed by atoms with Gasteiger partial charge in [0.2, 0.25) is 10.0 Å². The smallest absolute Gasteiger partial charge is 0.213 e. The van der Waals surface area contributed by atoms with Crippen LogP contribution in [-0.2, 0) is 16.6 Å². The van der Waals surface area contributed by atoms with Crippen molar-refractivity contribution >= 4 is 33.2 Å². The fourth-order valence-corrected chi connectivity index (χ4v) is 4.57. The maximum Gasteiger partial charge on any atom is 0.213 e. The molecule has 0 unspecified atom stereocenters. The highest BCUT2D eigenvalue weighted by molar-refractivity contribution is 7.89. The van der Waals surface area contributed by atoms with Gasteiger partial charge in [0.1, 0.15) is 5.15 Å². The third kappa shape index (κ3) is 4.17. The first-order valence-corrected chi connectivity index (χ1v) is 10.4. The Morgan fingerprint density at radius 2 is 2.12 bits per heavy atom. The second-order valence-corrected chi connectivity index (χ2v) is 8.97. The summed E-state index contributed by atoms with van der Waals surface area (Å²) in [5, 5.41) is 10.4. The maximum absolute atomic E-state index is 11.6. The van der Waals surface area contributed by atoms with Gasteiger partial charge in [-0.05, 0) is 44.5 Å². The molecule has 3 rings (SSSR count). The number of halogens is 2. The molecule has 9 heteroatoms. The lowest BCUT2D eigenvalue weighted by Crippen LogP contribution is -2.44. The van der Waals surface area contributed by atoms with Crippen LogP contribution in [0.25, 0.3) is 5.69 Å². The average molecular weight is 403 g/mol. The molecule has 0 bridgehead atoms. The van der Waals surface area contributed by atoms with Crippen LogP contribution in [0.3, 0.4) is 0 Å². The molecule has 6 nitrogen and oxygen atoms in total. The van der Waals surface area contributed by atoms with Crippen LogP contribution in [0, 0.1) is 6.92 Å². The Balaban J connectivity index is 1.84. The molecule has 0 amide bonds. The molecule has 25 heavy (non-hydrogen) atoms. The lowest BCUT2D eigenvalue weighted by molar-refractivity contribution is 0.222. The quantitative estimate of drug-likeness (QED) is 0.851. The van der Waals surface area contributed by atoms with E-state index in [0.29, 0.717) is 29.7 Å². The van der Waals surface area contributed by atoms with E-state index in [2.05, 4.69) is 10.00 Å². The second kappa shape index (κ2) is 7.25. The summed E-state index contributed by atoms with van der Waals surface area (Å²) in [6.45, 7) is 3.65. The van der Waals surface area contributed by atoms with Gasteiger partial charge in [-0.3, -0.25) is 4.90 Å². The summed E-state index contributed by atoms with van der Waals surface area (Å²) in [7, 11) is -3.52. The molecule has 1 aromatic heterocycles. The zero-order valence-electron chi connectivity index (χ0n) is 13.8. The Kier molecular flexibility index (Phi) is 5.41. The Hall–Kier alpha value is -1.12. The fraction of sp³-hybridized carbons (Fsp3) is 0.438. The summed E-state index contributed by atoms with van der Waals surface area (Å²) in [6, 6.07) is 7.30. The van der Waals surface area contributed by atoms with Crippen LogP contribution in [0.5, 0.6) is 0 Å². The first-order valence-electron chi connectivity index (χ1n) is 7.99. The van der Waals surface area contributed by atoms with Gasteiger partial charge in [0.15, 0.2) is 0 Å². The Bertz CT molecular complexity index is 882. The zero-order valence-corrected chi connectivity index (χ0v) is 16.2. The number of hydrogen-bond acceptors (Lipinski definition) is 4. The van der Waals surface area contributed by atoms with Gasteiger partial charge in [-0.2, -0.15) is 5.10 Å². The van der Waals surface area contributed by atoms with Gasteiger partial charge in [-0.15, -0.1) is 0 Å². The van der Waals surface area contributed by atoms with Gasteiger partial charge >= 0.3 is 0 Å². The minimum Gasteiger partial charge on any atom is -0.298 e. The van der Waals surface area contributed by atoms with E-state index in [4.69, 9.17) is 28.3 Å². The van der Waals surface area contributed by atoms with E-state index in [1.54, 1.807) is 16.8 Å². The molecular weight excluding hydrogens is 383 g/mol. The molecule has 1 aliphatic rings. The predicted molar refractivity (Wildman–Crippen MR) is 99.7 cm³/mol. The van der Waals surface area contributed by atoms with Crippen molar-refractivity contribution in [3.05, 3.63) is 45.7 Å². The van der Waals surface area contributed by atoms with Crippen LogP contribution in [0.2, 0.25) is 10.2 Å². The number of aryl methyl sites for hydroxylation is 1. The Morgan fingerprint density at radius 1 is 1.36 bits per heavy atom. The number of nitrogens with two attached hydrogens (primary N) is 1. The Labute approximate surface area is 157 Å². The minimum absolute atomic E-state index is 0.414. The molecular formula is C16H20Cl2N4O2S. The van der Waals surface area contributed by atoms with Gasteiger partial charge in [-0.1, -0.05) is 29.3 Å². The Morgan fingerprint density at radius 3 is 2.80 bits per heavy atom. The molecule has 1 saturated heterocycles. The molecule has 136 valence electrons. The molecule has 1 atom stereocenters. The predicted octanol–water partition coefficient (Wildman–Crippen LogP) is 2.74. The summed E-state index contributed by atoms with van der Waals surface area (Å²) in [5.74, 6) is 0. The third-order valence-corrected chi connectivity index (χ3v) is 6.42. The lowest BCUT2D eigenvalue weighted by Gasteiger charge is -2.31. The van der Waals surface area contributed by atoms with Crippen molar-refractivity contribution in [3.8, 4) is 5.69 Å². The van der Waals surface area contributed by atoms with Gasteiger partial charge < -0.3 is 0 Å². The highest BCUT2D eigenvalue weighted by Gasteiger charge is 2.29. The van der Waals surface area contributed by atoms with Crippen LogP contribution < -0.4 is 5.14 Å². The van der Waals surface area contributed by atoms with Crippen LogP contribution in [0.4, 0.5) is 0 Å². The first kappa shape index (κ1) is 18.7. The number of piperidine rings is 1. The molecule has 2 N–H and O–H groups in total. The molecule has 1 fully saturated rings. The number of rotatable bonds is 4. The van der Waals surface area contributed by atoms with E-state index in [1.165, 1.54) is 0 Å². The van der Waals surface area contributed by atoms with E-state index in [0.717, 1.165) is 29.9 Å². The summed E-state index contributed by atoms with van der Waals surface area (Å²) < 4.78 is 24.9. The number of aromatic nitrogens is 2. The number of benzene rings is 1. The summed E-state index contributed by atoms with van der Waals surface area (Å²) in [6.07, 6.45) is 1.39. The monoisotopic (exact) mass is 402 g/mol. The number of nitrogens with zero attached hydrogens (tertiary/aromatic N) is 3. The summed E-state index contributed by atoms with van der Waals surface area (Å²) in [5.41, 5.74) is 2.48. The van der Waals surface area contributed by atoms with Gasteiger partial charge in [0.05, 0.1) is 16.6 Å². The first-order chi connectivity index (χ1) is 11.8. The highest BCUT2D eigenvalue weighted by Crippen LogP contribution is 2.27. The highest BCUT2D eigenvalue weighted by atomic mass is 35.5. The van der Waals surface area contributed by atoms with E-state index in [-0.39, 0.29) is 0 Å². The molecule has 0 spiro atoms. The normalized spacial score (nSPS) is 19.3. The molecule has 0 aliphatic carbocycles. The second-order valence-electron chi connectivity index (χ2n) is 6.33. The number of primary sulfonamides is 1. The van der Waals surface area contributed by atoms with Gasteiger partial charge in [0.25, 0.3) is 0 Å². The molecule has 0 saturated carbocycles. The average Bonchev–Trinajstić information content (AvgIpc) is 2.83. The van der Waals surface area contributed by atoms with E-state index in [1.807, 2.05) is 19.1 Å². The van der Waals surface area contributed by atoms with Crippen LogP contribution >= 0.6 is 23.2 Å². The SMILES string of the molecule is Cc1nn(-c2cccc(Cl)c2)c(Cl)c1CN1CCC[C@H](S(N)(=O)=O)C1. The largest absolute Gasteiger partial charge is 0.298 e. The molecule has 2 aromatic rings. The van der Waals surface area contributed by atoms with E-state index < -0.39 is 15.3 Å². The van der Waals surface area contributed by atoms with Crippen molar-refractivity contribution in [1.29, 1.82) is 0 Å². The van der Waals surface area contributed by atoms with Crippen molar-refractivity contribution in [2.75, 3.05) is 13.1 Å². The molecule has 2 heterocycles. The molecule has 0 radical (unpaired) electrons. The van der Waals surface area contributed by atoms with Gasteiger partial charge in [0, 0.05) is 23.7 Å². The van der Waals surface area contributed by atoms with Crippen molar-refractivity contribution in [1.82, 2.24) is 14.7 Å². The molecule has 1 aliphatic heterocycles. The van der Waals surface area contributed by atoms with Crippen LogP contribution in [-0.4, -0.2) is 41.4 Å². The number of hydrogen-bond donors (Lipinski definition) is 1. The topological polar surface area (TPSA) is 81.2 Å². The number of likely N-dealkylation sites (tertiary alicyclic amines) is 1. The molecule has 1 aromatic carbocycles. The third-order valence-electron chi connectivity index (χ3n) is 4.48. The number of sulfonamides is 1. The van der Waals surface area contributed by atoms with Crippen LogP contribution in [0.1, 0.15) is 24.1 Å². The van der Waals surface area contributed by atoms with Crippen molar-refractivity contribution in [2.24, 2.45) is 5.14 Å². The van der Waals surface area contributed by atoms with Crippen molar-refractivity contribution < 1.29 is 8.42 Å².